The number of nitrogens with zero attached hydrogens (tertiary/aromatic N) is 5. The maximum absolute atomic E-state index is 13.1. The van der Waals surface area contributed by atoms with Crippen molar-refractivity contribution in [1.29, 1.82) is 0 Å². The van der Waals surface area contributed by atoms with Gasteiger partial charge in [-0.1, -0.05) is 37.5 Å². The van der Waals surface area contributed by atoms with Gasteiger partial charge in [-0.25, -0.2) is 0 Å². The molecule has 5 rings (SSSR count). The van der Waals surface area contributed by atoms with E-state index in [1.54, 1.807) is 4.68 Å². The van der Waals surface area contributed by atoms with Gasteiger partial charge in [0, 0.05) is 50.7 Å². The molecular formula is C24H33N5O2. The van der Waals surface area contributed by atoms with Crippen LogP contribution in [0.1, 0.15) is 55.4 Å². The Morgan fingerprint density at radius 1 is 0.839 bits per heavy atom. The van der Waals surface area contributed by atoms with Crippen LogP contribution < -0.4 is 0 Å². The average Bonchev–Trinajstić information content (AvgIpc) is 3.48. The minimum absolute atomic E-state index is 0.0130. The van der Waals surface area contributed by atoms with Crippen molar-refractivity contribution in [3.05, 3.63) is 30.0 Å². The third-order valence-electron chi connectivity index (χ3n) is 7.30. The molecule has 0 atom stereocenters. The van der Waals surface area contributed by atoms with Crippen LogP contribution in [0, 0.1) is 0 Å². The van der Waals surface area contributed by atoms with Gasteiger partial charge in [0.2, 0.25) is 5.91 Å². The molecule has 3 aliphatic rings. The van der Waals surface area contributed by atoms with Crippen LogP contribution in [0.5, 0.6) is 0 Å². The number of carbonyl (C=O) groups is 2. The van der Waals surface area contributed by atoms with Gasteiger partial charge in [-0.05, 0) is 31.7 Å². The van der Waals surface area contributed by atoms with Crippen LogP contribution in [-0.2, 0) is 11.3 Å². The summed E-state index contributed by atoms with van der Waals surface area (Å²) in [5.74, 6) is 0.0812. The molecule has 1 aromatic carbocycles. The van der Waals surface area contributed by atoms with Gasteiger partial charge < -0.3 is 9.80 Å². The van der Waals surface area contributed by atoms with Crippen molar-refractivity contribution < 1.29 is 9.59 Å². The minimum Gasteiger partial charge on any atom is -0.339 e. The smallest absolute Gasteiger partial charge is 0.275 e. The Hall–Kier alpha value is -2.41. The molecule has 7 heteroatoms. The number of hydrogen-bond donors (Lipinski definition) is 0. The predicted octanol–water partition coefficient (Wildman–Crippen LogP) is 2.75. The molecule has 2 amide bonds. The second-order valence-electron chi connectivity index (χ2n) is 9.23. The maximum atomic E-state index is 13.1. The lowest BCUT2D eigenvalue weighted by Crippen LogP contribution is -2.52. The molecule has 0 spiro atoms. The lowest BCUT2D eigenvalue weighted by molar-refractivity contribution is -0.134. The van der Waals surface area contributed by atoms with Crippen LogP contribution >= 0.6 is 0 Å². The fourth-order valence-electron chi connectivity index (χ4n) is 5.49. The molecule has 3 fully saturated rings. The molecule has 0 bridgehead atoms. The van der Waals surface area contributed by atoms with E-state index in [0.29, 0.717) is 11.7 Å². The quantitative estimate of drug-likeness (QED) is 0.759. The molecule has 1 aromatic heterocycles. The third-order valence-corrected chi connectivity index (χ3v) is 7.30. The second-order valence-corrected chi connectivity index (χ2v) is 9.23. The van der Waals surface area contributed by atoms with Crippen molar-refractivity contribution in [2.45, 2.75) is 57.5 Å². The Labute approximate surface area is 184 Å². The van der Waals surface area contributed by atoms with E-state index >= 15 is 0 Å². The number of fused-ring (bicyclic) bond motifs is 1. The zero-order valence-corrected chi connectivity index (χ0v) is 18.3. The van der Waals surface area contributed by atoms with E-state index in [1.165, 1.54) is 32.1 Å². The van der Waals surface area contributed by atoms with Gasteiger partial charge in [-0.2, -0.15) is 5.10 Å². The molecule has 31 heavy (non-hydrogen) atoms. The number of para-hydroxylation sites is 1. The second kappa shape index (κ2) is 8.99. The van der Waals surface area contributed by atoms with E-state index in [1.807, 2.05) is 34.1 Å². The molecule has 7 nitrogen and oxygen atoms in total. The molecule has 0 radical (unpaired) electrons. The lowest BCUT2D eigenvalue weighted by atomic mass is 9.94. The highest BCUT2D eigenvalue weighted by Gasteiger charge is 2.29. The summed E-state index contributed by atoms with van der Waals surface area (Å²) < 4.78 is 1.73. The van der Waals surface area contributed by atoms with Crippen LogP contribution in [-0.4, -0.2) is 81.6 Å². The van der Waals surface area contributed by atoms with E-state index in [-0.39, 0.29) is 18.4 Å². The predicted molar refractivity (Wildman–Crippen MR) is 120 cm³/mol. The van der Waals surface area contributed by atoms with Gasteiger partial charge in [-0.15, -0.1) is 0 Å². The molecule has 166 valence electrons. The first-order valence-electron chi connectivity index (χ1n) is 12.0. The van der Waals surface area contributed by atoms with E-state index in [4.69, 9.17) is 0 Å². The van der Waals surface area contributed by atoms with Crippen LogP contribution in [0.15, 0.2) is 24.3 Å². The van der Waals surface area contributed by atoms with Gasteiger partial charge in [-0.3, -0.25) is 19.2 Å². The van der Waals surface area contributed by atoms with E-state index in [9.17, 15) is 9.59 Å². The first-order chi connectivity index (χ1) is 15.2. The summed E-state index contributed by atoms with van der Waals surface area (Å²) in [7, 11) is 0. The van der Waals surface area contributed by atoms with Crippen molar-refractivity contribution in [1.82, 2.24) is 24.5 Å². The van der Waals surface area contributed by atoms with Crippen LogP contribution in [0.3, 0.4) is 0 Å². The number of benzene rings is 1. The van der Waals surface area contributed by atoms with Crippen LogP contribution in [0.25, 0.3) is 10.9 Å². The normalized spacial score (nSPS) is 21.2. The van der Waals surface area contributed by atoms with Crippen molar-refractivity contribution in [3.8, 4) is 0 Å². The van der Waals surface area contributed by atoms with Crippen LogP contribution in [0.4, 0.5) is 0 Å². The van der Waals surface area contributed by atoms with Crippen molar-refractivity contribution in [3.63, 3.8) is 0 Å². The van der Waals surface area contributed by atoms with Crippen molar-refractivity contribution in [2.24, 2.45) is 0 Å². The molecule has 2 aromatic rings. The zero-order chi connectivity index (χ0) is 21.2. The molecule has 1 saturated carbocycles. The monoisotopic (exact) mass is 423 g/mol. The highest BCUT2D eigenvalue weighted by molar-refractivity contribution is 6.05. The summed E-state index contributed by atoms with van der Waals surface area (Å²) in [6.07, 6.45) is 8.77. The van der Waals surface area contributed by atoms with E-state index < -0.39 is 0 Å². The SMILES string of the molecule is O=C(Cn1nc(C(=O)N2CCCC2)c2ccccc21)N1CCN(C2CCCCC2)CC1. The van der Waals surface area contributed by atoms with Gasteiger partial charge in [0.05, 0.1) is 5.52 Å². The molecule has 1 aliphatic carbocycles. The molecule has 0 unspecified atom stereocenters. The molecule has 2 aliphatic heterocycles. The first kappa shape index (κ1) is 20.5. The zero-order valence-electron chi connectivity index (χ0n) is 18.3. The number of rotatable bonds is 4. The Bertz CT molecular complexity index is 935. The number of carbonyl (C=O) groups excluding carboxylic acids is 2. The van der Waals surface area contributed by atoms with Gasteiger partial charge >= 0.3 is 0 Å². The first-order valence-corrected chi connectivity index (χ1v) is 12.0. The van der Waals surface area contributed by atoms with Gasteiger partial charge in [0.15, 0.2) is 5.69 Å². The molecule has 3 heterocycles. The Morgan fingerprint density at radius 3 is 2.29 bits per heavy atom. The van der Waals surface area contributed by atoms with Gasteiger partial charge in [0.25, 0.3) is 5.91 Å². The summed E-state index contributed by atoms with van der Waals surface area (Å²) in [6, 6.07) is 8.48. The molecule has 0 N–H and O–H groups in total. The van der Waals surface area contributed by atoms with E-state index in [0.717, 1.165) is 63.0 Å². The van der Waals surface area contributed by atoms with Gasteiger partial charge in [0.1, 0.15) is 6.54 Å². The van der Waals surface area contributed by atoms with Crippen LogP contribution in [0.2, 0.25) is 0 Å². The Morgan fingerprint density at radius 2 is 1.55 bits per heavy atom. The summed E-state index contributed by atoms with van der Waals surface area (Å²) in [5, 5.41) is 5.47. The summed E-state index contributed by atoms with van der Waals surface area (Å²) in [5.41, 5.74) is 1.34. The number of piperazine rings is 1. The fourth-order valence-corrected chi connectivity index (χ4v) is 5.49. The summed E-state index contributed by atoms with van der Waals surface area (Å²) >= 11 is 0. The van der Waals surface area contributed by atoms with E-state index in [2.05, 4.69) is 10.00 Å². The average molecular weight is 424 g/mol. The Balaban J connectivity index is 1.27. The topological polar surface area (TPSA) is 61.7 Å². The summed E-state index contributed by atoms with van der Waals surface area (Å²) in [6.45, 7) is 5.29. The number of amides is 2. The van der Waals surface area contributed by atoms with Crippen molar-refractivity contribution in [2.75, 3.05) is 39.3 Å². The minimum atomic E-state index is -0.0130. The molecular weight excluding hydrogens is 390 g/mol. The third kappa shape index (κ3) is 4.20. The largest absolute Gasteiger partial charge is 0.339 e. The number of likely N-dealkylation sites (tertiary alicyclic amines) is 1. The highest BCUT2D eigenvalue weighted by atomic mass is 16.2. The lowest BCUT2D eigenvalue weighted by Gasteiger charge is -2.40. The highest BCUT2D eigenvalue weighted by Crippen LogP contribution is 2.24. The fraction of sp³-hybridized carbons (Fsp3) is 0.625. The number of hydrogen-bond acceptors (Lipinski definition) is 4. The standard InChI is InChI=1S/C24H33N5O2/c30-22(27-16-14-26(15-17-27)19-8-2-1-3-9-19)18-29-21-11-5-4-10-20(21)23(25-29)24(31)28-12-6-7-13-28/h4-5,10-11,19H,1-3,6-9,12-18H2. The summed E-state index contributed by atoms with van der Waals surface area (Å²) in [4.78, 5) is 32.5. The van der Waals surface area contributed by atoms with Crippen molar-refractivity contribution >= 4 is 22.7 Å². The molecule has 2 saturated heterocycles. The maximum Gasteiger partial charge on any atom is 0.275 e. The Kier molecular flexibility index (Phi) is 5.94. The number of aromatic nitrogens is 2.